The van der Waals surface area contributed by atoms with Crippen LogP contribution in [-0.2, 0) is 11.2 Å². The van der Waals surface area contributed by atoms with E-state index in [1.807, 2.05) is 18.2 Å². The van der Waals surface area contributed by atoms with Crippen molar-refractivity contribution in [3.8, 4) is 5.75 Å². The highest BCUT2D eigenvalue weighted by molar-refractivity contribution is 9.10. The van der Waals surface area contributed by atoms with Crippen LogP contribution in [0.3, 0.4) is 0 Å². The van der Waals surface area contributed by atoms with E-state index < -0.39 is 0 Å². The molecule has 1 aliphatic heterocycles. The van der Waals surface area contributed by atoms with E-state index in [0.29, 0.717) is 6.42 Å². The fourth-order valence-electron chi connectivity index (χ4n) is 2.85. The molecule has 1 saturated heterocycles. The maximum absolute atomic E-state index is 12.7. The molecule has 0 spiro atoms. The van der Waals surface area contributed by atoms with Gasteiger partial charge in [-0.15, -0.1) is 0 Å². The second-order valence-corrected chi connectivity index (χ2v) is 7.03. The van der Waals surface area contributed by atoms with Gasteiger partial charge in [0.1, 0.15) is 5.75 Å². The Kier molecular flexibility index (Phi) is 5.44. The quantitative estimate of drug-likeness (QED) is 0.805. The van der Waals surface area contributed by atoms with E-state index in [2.05, 4.69) is 34.7 Å². The summed E-state index contributed by atoms with van der Waals surface area (Å²) in [5.74, 6) is 1.07. The lowest BCUT2D eigenvalue weighted by molar-refractivity contribution is -0.129. The van der Waals surface area contributed by atoms with E-state index in [0.717, 1.165) is 28.9 Å². The summed E-state index contributed by atoms with van der Waals surface area (Å²) < 4.78 is 6.12. The molecular formula is C17H24BrNO2. The second kappa shape index (κ2) is 6.93. The molecule has 1 aromatic carbocycles. The maximum atomic E-state index is 12.7. The first-order valence-corrected chi connectivity index (χ1v) is 8.35. The molecule has 0 unspecified atom stereocenters. The summed E-state index contributed by atoms with van der Waals surface area (Å²) in [5, 5.41) is 0. The zero-order chi connectivity index (χ0) is 15.5. The average Bonchev–Trinajstić information content (AvgIpc) is 2.48. The van der Waals surface area contributed by atoms with Gasteiger partial charge in [-0.05, 0) is 73.4 Å². The summed E-state index contributed by atoms with van der Waals surface area (Å²) in [6.07, 6.45) is 4.15. The van der Waals surface area contributed by atoms with Crippen LogP contribution in [0, 0.1) is 0 Å². The van der Waals surface area contributed by atoms with Crippen LogP contribution >= 0.6 is 15.9 Å². The molecule has 3 nitrogen and oxygen atoms in total. The third kappa shape index (κ3) is 3.86. The number of benzene rings is 1. The number of ketones is 1. The third-order valence-corrected chi connectivity index (χ3v) is 5.03. The normalized spacial score (nSPS) is 16.8. The number of ether oxygens (including phenoxy) is 1. The van der Waals surface area contributed by atoms with Gasteiger partial charge in [0.15, 0.2) is 5.78 Å². The van der Waals surface area contributed by atoms with Gasteiger partial charge in [-0.2, -0.15) is 0 Å². The topological polar surface area (TPSA) is 29.5 Å². The van der Waals surface area contributed by atoms with Gasteiger partial charge in [0.2, 0.25) is 0 Å². The number of hydrogen-bond acceptors (Lipinski definition) is 3. The zero-order valence-electron chi connectivity index (χ0n) is 13.1. The number of rotatable bonds is 5. The van der Waals surface area contributed by atoms with E-state index in [9.17, 15) is 4.79 Å². The number of nitrogens with zero attached hydrogens (tertiary/aromatic N) is 1. The number of hydrogen-bond donors (Lipinski definition) is 0. The molecular weight excluding hydrogens is 330 g/mol. The van der Waals surface area contributed by atoms with Gasteiger partial charge < -0.3 is 4.74 Å². The number of carbonyl (C=O) groups excluding carboxylic acids is 1. The Labute approximate surface area is 135 Å². The van der Waals surface area contributed by atoms with Crippen LogP contribution in [0.25, 0.3) is 0 Å². The van der Waals surface area contributed by atoms with Gasteiger partial charge >= 0.3 is 0 Å². The van der Waals surface area contributed by atoms with Crippen LogP contribution in [0.15, 0.2) is 22.7 Å². The fourth-order valence-corrected chi connectivity index (χ4v) is 3.44. The molecule has 0 atom stereocenters. The molecule has 2 rings (SSSR count). The molecule has 0 saturated carbocycles. The lowest BCUT2D eigenvalue weighted by Crippen LogP contribution is -2.52. The van der Waals surface area contributed by atoms with E-state index in [1.165, 1.54) is 19.3 Å². The van der Waals surface area contributed by atoms with E-state index in [-0.39, 0.29) is 11.3 Å². The summed E-state index contributed by atoms with van der Waals surface area (Å²) in [5.41, 5.74) is 0.644. The monoisotopic (exact) mass is 353 g/mol. The number of carbonyl (C=O) groups is 1. The van der Waals surface area contributed by atoms with Gasteiger partial charge in [0, 0.05) is 6.42 Å². The molecule has 21 heavy (non-hydrogen) atoms. The lowest BCUT2D eigenvalue weighted by Gasteiger charge is -2.39. The van der Waals surface area contributed by atoms with Crippen LogP contribution in [0.1, 0.15) is 38.7 Å². The number of piperidine rings is 1. The highest BCUT2D eigenvalue weighted by Gasteiger charge is 2.34. The Balaban J connectivity index is 2.07. The minimum atomic E-state index is -0.382. The van der Waals surface area contributed by atoms with Crippen molar-refractivity contribution in [3.05, 3.63) is 28.2 Å². The standard InChI is InChI=1S/C17H24BrNO2/c1-17(2,19-9-5-4-6-10-19)16(20)12-13-7-8-15(21-3)14(18)11-13/h7-8,11H,4-6,9-10,12H2,1-3H3. The van der Waals surface area contributed by atoms with Crippen LogP contribution in [0.5, 0.6) is 5.75 Å². The largest absolute Gasteiger partial charge is 0.496 e. The smallest absolute Gasteiger partial charge is 0.156 e. The molecule has 1 fully saturated rings. The molecule has 1 aromatic rings. The fraction of sp³-hybridized carbons (Fsp3) is 0.588. The van der Waals surface area contributed by atoms with Gasteiger partial charge in [0.25, 0.3) is 0 Å². The minimum absolute atomic E-state index is 0.279. The van der Waals surface area contributed by atoms with E-state index in [1.54, 1.807) is 7.11 Å². The van der Waals surface area contributed by atoms with Crippen molar-refractivity contribution >= 4 is 21.7 Å². The Hall–Kier alpha value is -0.870. The molecule has 4 heteroatoms. The SMILES string of the molecule is COc1ccc(CC(=O)C(C)(C)N2CCCCC2)cc1Br. The van der Waals surface area contributed by atoms with Crippen molar-refractivity contribution in [2.45, 2.75) is 45.1 Å². The van der Waals surface area contributed by atoms with Crippen LogP contribution in [-0.4, -0.2) is 36.4 Å². The number of likely N-dealkylation sites (tertiary alicyclic amines) is 1. The third-order valence-electron chi connectivity index (χ3n) is 4.41. The predicted molar refractivity (Wildman–Crippen MR) is 88.9 cm³/mol. The Morgan fingerprint density at radius 1 is 1.29 bits per heavy atom. The highest BCUT2D eigenvalue weighted by atomic mass is 79.9. The number of methoxy groups -OCH3 is 1. The number of Topliss-reactive ketones (excluding diaryl/α,β-unsaturated/α-hetero) is 1. The molecule has 0 aliphatic carbocycles. The lowest BCUT2D eigenvalue weighted by atomic mass is 9.90. The van der Waals surface area contributed by atoms with Crippen molar-refractivity contribution in [3.63, 3.8) is 0 Å². The van der Waals surface area contributed by atoms with Gasteiger partial charge in [-0.25, -0.2) is 0 Å². The van der Waals surface area contributed by atoms with Crippen LogP contribution in [0.4, 0.5) is 0 Å². The maximum Gasteiger partial charge on any atom is 0.156 e. The second-order valence-electron chi connectivity index (χ2n) is 6.18. The molecule has 0 amide bonds. The van der Waals surface area contributed by atoms with Crippen LogP contribution < -0.4 is 4.74 Å². The summed E-state index contributed by atoms with van der Waals surface area (Å²) in [4.78, 5) is 15.0. The van der Waals surface area contributed by atoms with E-state index in [4.69, 9.17) is 4.74 Å². The zero-order valence-corrected chi connectivity index (χ0v) is 14.7. The van der Waals surface area contributed by atoms with Crippen molar-refractivity contribution in [1.82, 2.24) is 4.90 Å². The van der Waals surface area contributed by atoms with Gasteiger partial charge in [0.05, 0.1) is 17.1 Å². The Morgan fingerprint density at radius 3 is 2.52 bits per heavy atom. The van der Waals surface area contributed by atoms with Gasteiger partial charge in [-0.1, -0.05) is 12.5 Å². The van der Waals surface area contributed by atoms with Gasteiger partial charge in [-0.3, -0.25) is 9.69 Å². The van der Waals surface area contributed by atoms with Crippen molar-refractivity contribution in [1.29, 1.82) is 0 Å². The highest BCUT2D eigenvalue weighted by Crippen LogP contribution is 2.27. The van der Waals surface area contributed by atoms with Crippen LogP contribution in [0.2, 0.25) is 0 Å². The first-order chi connectivity index (χ1) is 9.95. The predicted octanol–water partition coefficient (Wildman–Crippen LogP) is 3.83. The molecule has 0 bridgehead atoms. The first-order valence-electron chi connectivity index (χ1n) is 7.56. The van der Waals surface area contributed by atoms with Crippen molar-refractivity contribution in [2.75, 3.05) is 20.2 Å². The molecule has 0 N–H and O–H groups in total. The Bertz CT molecular complexity index is 508. The summed E-state index contributed by atoms with van der Waals surface area (Å²) in [7, 11) is 1.64. The molecule has 1 aliphatic rings. The molecule has 0 aromatic heterocycles. The minimum Gasteiger partial charge on any atom is -0.496 e. The summed E-state index contributed by atoms with van der Waals surface area (Å²) in [6.45, 7) is 6.18. The Morgan fingerprint density at radius 2 is 1.95 bits per heavy atom. The number of halogens is 1. The first kappa shape index (κ1) is 16.5. The summed E-state index contributed by atoms with van der Waals surface area (Å²) >= 11 is 3.48. The summed E-state index contributed by atoms with van der Waals surface area (Å²) in [6, 6.07) is 5.84. The molecule has 0 radical (unpaired) electrons. The molecule has 116 valence electrons. The average molecular weight is 354 g/mol. The van der Waals surface area contributed by atoms with E-state index >= 15 is 0 Å². The molecule has 1 heterocycles. The van der Waals surface area contributed by atoms with Crippen molar-refractivity contribution < 1.29 is 9.53 Å². The van der Waals surface area contributed by atoms with Crippen molar-refractivity contribution in [2.24, 2.45) is 0 Å².